The van der Waals surface area contributed by atoms with Crippen LogP contribution in [-0.4, -0.2) is 34.9 Å². The summed E-state index contributed by atoms with van der Waals surface area (Å²) in [5, 5.41) is 7.30. The first-order valence-electron chi connectivity index (χ1n) is 10.1. The number of benzene rings is 1. The minimum absolute atomic E-state index is 0.0830. The molecule has 0 bridgehead atoms. The molecule has 5 aromatic rings. The van der Waals surface area contributed by atoms with E-state index in [9.17, 15) is 4.79 Å². The summed E-state index contributed by atoms with van der Waals surface area (Å²) >= 11 is 0. The van der Waals surface area contributed by atoms with E-state index < -0.39 is 0 Å². The largest absolute Gasteiger partial charge is 0.310 e. The van der Waals surface area contributed by atoms with Crippen molar-refractivity contribution >= 4 is 23.1 Å². The molecule has 4 aromatic heterocycles. The molecule has 8 heteroatoms. The highest BCUT2D eigenvalue weighted by molar-refractivity contribution is 5.94. The lowest BCUT2D eigenvalue weighted by Gasteiger charge is -2.11. The number of anilines is 1. The molecule has 0 saturated carbocycles. The number of carbonyl (C=O) groups is 1. The summed E-state index contributed by atoms with van der Waals surface area (Å²) in [6, 6.07) is 15.6. The van der Waals surface area contributed by atoms with Gasteiger partial charge in [-0.15, -0.1) is 0 Å². The number of rotatable bonds is 5. The second kappa shape index (κ2) is 7.64. The van der Waals surface area contributed by atoms with Crippen LogP contribution in [0.15, 0.2) is 61.1 Å². The summed E-state index contributed by atoms with van der Waals surface area (Å²) in [6.45, 7) is 3.91. The number of amides is 1. The van der Waals surface area contributed by atoms with Crippen molar-refractivity contribution in [1.29, 1.82) is 0 Å². The first-order chi connectivity index (χ1) is 15.1. The molecule has 1 aromatic carbocycles. The van der Waals surface area contributed by atoms with Crippen LogP contribution in [0, 0.1) is 13.8 Å². The zero-order valence-corrected chi connectivity index (χ0v) is 17.3. The van der Waals surface area contributed by atoms with Gasteiger partial charge in [0.1, 0.15) is 23.5 Å². The molecule has 0 atom stereocenters. The van der Waals surface area contributed by atoms with E-state index in [1.807, 2.05) is 73.0 Å². The van der Waals surface area contributed by atoms with Crippen molar-refractivity contribution in [3.05, 3.63) is 78.0 Å². The van der Waals surface area contributed by atoms with Gasteiger partial charge in [-0.2, -0.15) is 10.1 Å². The summed E-state index contributed by atoms with van der Waals surface area (Å²) in [7, 11) is 0. The van der Waals surface area contributed by atoms with E-state index in [-0.39, 0.29) is 5.91 Å². The molecule has 0 aliphatic rings. The number of hydrogen-bond acceptors (Lipinski definition) is 5. The van der Waals surface area contributed by atoms with Crippen LogP contribution < -0.4 is 5.32 Å². The standard InChI is InChI=1S/C23H21N7O/c1-15-18(16(2)30-23(26-15)24-14-25-30)11-12-20(31)28-22-21(17-8-4-3-5-9-17)27-19-10-6-7-13-29(19)22/h3-10,13-14H,11-12H2,1-2H3,(H,28,31). The number of fused-ring (bicyclic) bond motifs is 2. The zero-order valence-electron chi connectivity index (χ0n) is 17.3. The van der Waals surface area contributed by atoms with Gasteiger partial charge >= 0.3 is 0 Å². The fraction of sp³-hybridized carbons (Fsp3) is 0.174. The molecule has 5 rings (SSSR count). The molecule has 0 aliphatic heterocycles. The maximum absolute atomic E-state index is 12.9. The van der Waals surface area contributed by atoms with Gasteiger partial charge in [-0.3, -0.25) is 9.20 Å². The second-order valence-electron chi connectivity index (χ2n) is 7.39. The third kappa shape index (κ3) is 3.42. The first-order valence-corrected chi connectivity index (χ1v) is 10.1. The molecule has 1 amide bonds. The minimum Gasteiger partial charge on any atom is -0.310 e. The average Bonchev–Trinajstić information content (AvgIpc) is 3.39. The van der Waals surface area contributed by atoms with Gasteiger partial charge in [-0.05, 0) is 38.0 Å². The van der Waals surface area contributed by atoms with Gasteiger partial charge in [-0.25, -0.2) is 14.5 Å². The number of nitrogens with one attached hydrogen (secondary N) is 1. The van der Waals surface area contributed by atoms with Crippen molar-refractivity contribution in [2.45, 2.75) is 26.7 Å². The molecule has 0 spiro atoms. The van der Waals surface area contributed by atoms with Crippen LogP contribution in [0.3, 0.4) is 0 Å². The fourth-order valence-electron chi connectivity index (χ4n) is 3.86. The van der Waals surface area contributed by atoms with Crippen LogP contribution in [-0.2, 0) is 11.2 Å². The highest BCUT2D eigenvalue weighted by Crippen LogP contribution is 2.28. The van der Waals surface area contributed by atoms with Gasteiger partial charge in [0.05, 0.1) is 0 Å². The SMILES string of the molecule is Cc1nc2ncnn2c(C)c1CCC(=O)Nc1c(-c2ccccc2)nc2ccccn12. The zero-order chi connectivity index (χ0) is 21.4. The number of nitrogens with zero attached hydrogens (tertiary/aromatic N) is 6. The monoisotopic (exact) mass is 411 g/mol. The van der Waals surface area contributed by atoms with Crippen LogP contribution in [0.1, 0.15) is 23.4 Å². The summed E-state index contributed by atoms with van der Waals surface area (Å²) < 4.78 is 3.61. The van der Waals surface area contributed by atoms with Crippen LogP contribution in [0.2, 0.25) is 0 Å². The average molecular weight is 411 g/mol. The van der Waals surface area contributed by atoms with Crippen molar-refractivity contribution in [1.82, 2.24) is 29.0 Å². The molecule has 1 N–H and O–H groups in total. The Kier molecular flexibility index (Phi) is 4.66. The van der Waals surface area contributed by atoms with Crippen LogP contribution in [0.25, 0.3) is 22.7 Å². The molecule has 0 saturated heterocycles. The molecule has 154 valence electrons. The van der Waals surface area contributed by atoms with Gasteiger partial charge in [-0.1, -0.05) is 36.4 Å². The summed E-state index contributed by atoms with van der Waals surface area (Å²) in [5.41, 5.74) is 5.31. The van der Waals surface area contributed by atoms with E-state index >= 15 is 0 Å². The Balaban J connectivity index is 1.42. The van der Waals surface area contributed by atoms with Crippen molar-refractivity contribution in [3.8, 4) is 11.3 Å². The van der Waals surface area contributed by atoms with Crippen molar-refractivity contribution in [2.75, 3.05) is 5.32 Å². The maximum Gasteiger partial charge on any atom is 0.252 e. The van der Waals surface area contributed by atoms with Gasteiger partial charge in [0.25, 0.3) is 5.78 Å². The Hall–Kier alpha value is -4.07. The third-order valence-electron chi connectivity index (χ3n) is 5.43. The van der Waals surface area contributed by atoms with Gasteiger partial charge < -0.3 is 5.32 Å². The van der Waals surface area contributed by atoms with E-state index in [0.29, 0.717) is 24.4 Å². The molecule has 0 unspecified atom stereocenters. The van der Waals surface area contributed by atoms with Crippen LogP contribution in [0.5, 0.6) is 0 Å². The Bertz CT molecular complexity index is 1400. The number of carbonyl (C=O) groups excluding carboxylic acids is 1. The van der Waals surface area contributed by atoms with Crippen molar-refractivity contribution < 1.29 is 4.79 Å². The molecule has 0 aliphatic carbocycles. The Morgan fingerprint density at radius 2 is 1.84 bits per heavy atom. The lowest BCUT2D eigenvalue weighted by atomic mass is 10.1. The lowest BCUT2D eigenvalue weighted by molar-refractivity contribution is -0.116. The maximum atomic E-state index is 12.9. The summed E-state index contributed by atoms with van der Waals surface area (Å²) in [6.07, 6.45) is 4.27. The van der Waals surface area contributed by atoms with Gasteiger partial charge in [0.15, 0.2) is 0 Å². The highest BCUT2D eigenvalue weighted by atomic mass is 16.1. The van der Waals surface area contributed by atoms with E-state index in [1.165, 1.54) is 6.33 Å². The van der Waals surface area contributed by atoms with Gasteiger partial charge in [0.2, 0.25) is 5.91 Å². The van der Waals surface area contributed by atoms with Crippen molar-refractivity contribution in [3.63, 3.8) is 0 Å². The molecule has 0 radical (unpaired) electrons. The number of imidazole rings is 1. The Labute approximate surface area is 178 Å². The third-order valence-corrected chi connectivity index (χ3v) is 5.43. The molecule has 8 nitrogen and oxygen atoms in total. The van der Waals surface area contributed by atoms with E-state index in [0.717, 1.165) is 33.9 Å². The van der Waals surface area contributed by atoms with E-state index in [1.54, 1.807) is 4.52 Å². The second-order valence-corrected chi connectivity index (χ2v) is 7.39. The quantitative estimate of drug-likeness (QED) is 0.477. The lowest BCUT2D eigenvalue weighted by Crippen LogP contribution is -2.16. The molecular weight excluding hydrogens is 390 g/mol. The predicted octanol–water partition coefficient (Wildman–Crippen LogP) is 3.63. The number of aryl methyl sites for hydroxylation is 2. The predicted molar refractivity (Wildman–Crippen MR) is 118 cm³/mol. The van der Waals surface area contributed by atoms with Gasteiger partial charge in [0, 0.05) is 29.6 Å². The Morgan fingerprint density at radius 1 is 1.03 bits per heavy atom. The smallest absolute Gasteiger partial charge is 0.252 e. The molecule has 4 heterocycles. The van der Waals surface area contributed by atoms with E-state index in [2.05, 4.69) is 20.4 Å². The summed E-state index contributed by atoms with van der Waals surface area (Å²) in [5.74, 6) is 1.16. The molecule has 31 heavy (non-hydrogen) atoms. The number of hydrogen-bond donors (Lipinski definition) is 1. The summed E-state index contributed by atoms with van der Waals surface area (Å²) in [4.78, 5) is 26.3. The number of pyridine rings is 1. The molecule has 0 fully saturated rings. The topological polar surface area (TPSA) is 89.5 Å². The normalized spacial score (nSPS) is 11.3. The highest BCUT2D eigenvalue weighted by Gasteiger charge is 2.17. The van der Waals surface area contributed by atoms with Crippen LogP contribution in [0.4, 0.5) is 5.82 Å². The fourth-order valence-corrected chi connectivity index (χ4v) is 3.86. The van der Waals surface area contributed by atoms with E-state index in [4.69, 9.17) is 4.98 Å². The Morgan fingerprint density at radius 3 is 2.68 bits per heavy atom. The number of aromatic nitrogens is 6. The first kappa shape index (κ1) is 18.9. The molecular formula is C23H21N7O. The van der Waals surface area contributed by atoms with Crippen molar-refractivity contribution in [2.24, 2.45) is 0 Å². The van der Waals surface area contributed by atoms with Crippen LogP contribution >= 0.6 is 0 Å². The minimum atomic E-state index is -0.0830.